The van der Waals surface area contributed by atoms with Crippen molar-refractivity contribution >= 4 is 34.0 Å². The van der Waals surface area contributed by atoms with Gasteiger partial charge in [-0.05, 0) is 12.4 Å². The van der Waals surface area contributed by atoms with Gasteiger partial charge in [0.25, 0.3) is 0 Å². The molecule has 2 aromatic rings. The summed E-state index contributed by atoms with van der Waals surface area (Å²) in [5.41, 5.74) is 0.361. The highest BCUT2D eigenvalue weighted by molar-refractivity contribution is 7.20. The summed E-state index contributed by atoms with van der Waals surface area (Å²) in [6.07, 6.45) is 0. The minimum Gasteiger partial charge on any atom is -0.423 e. The number of aryl methyl sites for hydroxylation is 1. The highest BCUT2D eigenvalue weighted by Gasteiger charge is 2.18. The summed E-state index contributed by atoms with van der Waals surface area (Å²) >= 11 is 1.24. The fraction of sp³-hybridized carbons (Fsp3) is 0.111. The van der Waals surface area contributed by atoms with Gasteiger partial charge in [-0.3, -0.25) is 0 Å². The second-order valence-electron chi connectivity index (χ2n) is 3.07. The van der Waals surface area contributed by atoms with Crippen LogP contribution in [0.25, 0.3) is 10.1 Å². The van der Waals surface area contributed by atoms with E-state index in [-0.39, 0.29) is 5.82 Å². The molecule has 0 bridgehead atoms. The van der Waals surface area contributed by atoms with Gasteiger partial charge in [-0.25, -0.2) is 4.39 Å². The fourth-order valence-electron chi connectivity index (χ4n) is 1.43. The van der Waals surface area contributed by atoms with Crippen molar-refractivity contribution in [3.8, 4) is 0 Å². The zero-order valence-electron chi connectivity index (χ0n) is 7.49. The van der Waals surface area contributed by atoms with Crippen LogP contribution in [0.2, 0.25) is 0 Å². The molecule has 0 spiro atoms. The molecule has 0 aliphatic heterocycles. The van der Waals surface area contributed by atoms with Gasteiger partial charge in [-0.15, -0.1) is 11.3 Å². The Balaban J connectivity index is 2.81. The van der Waals surface area contributed by atoms with Gasteiger partial charge in [-0.2, -0.15) is 0 Å². The van der Waals surface area contributed by atoms with Gasteiger partial charge >= 0.3 is 7.12 Å². The van der Waals surface area contributed by atoms with Gasteiger partial charge in [0.15, 0.2) is 0 Å². The van der Waals surface area contributed by atoms with Crippen LogP contribution in [0.3, 0.4) is 0 Å². The van der Waals surface area contributed by atoms with Crippen molar-refractivity contribution in [3.63, 3.8) is 0 Å². The van der Waals surface area contributed by atoms with Crippen LogP contribution in [0, 0.1) is 12.7 Å². The Labute approximate surface area is 84.8 Å². The molecular weight excluding hydrogens is 202 g/mol. The highest BCUT2D eigenvalue weighted by Crippen LogP contribution is 2.27. The quantitative estimate of drug-likeness (QED) is 0.690. The van der Waals surface area contributed by atoms with E-state index in [0.29, 0.717) is 20.4 Å². The van der Waals surface area contributed by atoms with Gasteiger partial charge in [0.2, 0.25) is 0 Å². The number of thiophene rings is 1. The molecular formula is C9H8BFO2S. The minimum absolute atomic E-state index is 0.271. The van der Waals surface area contributed by atoms with Crippen LogP contribution in [0.5, 0.6) is 0 Å². The number of fused-ring (bicyclic) bond motifs is 1. The van der Waals surface area contributed by atoms with E-state index in [2.05, 4.69) is 0 Å². The lowest BCUT2D eigenvalue weighted by Crippen LogP contribution is -2.29. The predicted octanol–water partition coefficient (Wildman–Crippen LogP) is 1.03. The van der Waals surface area contributed by atoms with Crippen LogP contribution < -0.4 is 5.46 Å². The van der Waals surface area contributed by atoms with Gasteiger partial charge < -0.3 is 10.0 Å². The molecule has 1 aromatic carbocycles. The average Bonchev–Trinajstić information content (AvgIpc) is 2.43. The van der Waals surface area contributed by atoms with E-state index in [4.69, 9.17) is 10.0 Å². The van der Waals surface area contributed by atoms with E-state index < -0.39 is 7.12 Å². The van der Waals surface area contributed by atoms with Gasteiger partial charge in [0.05, 0.1) is 0 Å². The largest absolute Gasteiger partial charge is 0.489 e. The third kappa shape index (κ3) is 1.34. The van der Waals surface area contributed by atoms with Crippen molar-refractivity contribution in [2.45, 2.75) is 6.92 Å². The summed E-state index contributed by atoms with van der Waals surface area (Å²) in [5, 5.41) is 18.6. The molecule has 0 radical (unpaired) electrons. The lowest BCUT2D eigenvalue weighted by Gasteiger charge is -1.99. The van der Waals surface area contributed by atoms with Crippen LogP contribution in [0.1, 0.15) is 4.88 Å². The Morgan fingerprint density at radius 1 is 1.36 bits per heavy atom. The Hall–Kier alpha value is -0.905. The van der Waals surface area contributed by atoms with E-state index in [1.54, 1.807) is 25.1 Å². The van der Waals surface area contributed by atoms with Crippen LogP contribution >= 0.6 is 11.3 Å². The molecule has 2 rings (SSSR count). The van der Waals surface area contributed by atoms with Crippen molar-refractivity contribution in [2.24, 2.45) is 0 Å². The molecule has 1 heterocycles. The summed E-state index contributed by atoms with van der Waals surface area (Å²) in [6.45, 7) is 1.67. The van der Waals surface area contributed by atoms with Crippen LogP contribution in [0.15, 0.2) is 18.2 Å². The van der Waals surface area contributed by atoms with E-state index in [1.165, 1.54) is 11.3 Å². The molecule has 0 unspecified atom stereocenters. The lowest BCUT2D eigenvalue weighted by molar-refractivity contribution is 0.426. The monoisotopic (exact) mass is 210 g/mol. The molecule has 0 aliphatic rings. The molecule has 14 heavy (non-hydrogen) atoms. The van der Waals surface area contributed by atoms with E-state index in [0.717, 1.165) is 0 Å². The van der Waals surface area contributed by atoms with E-state index >= 15 is 0 Å². The van der Waals surface area contributed by atoms with Crippen molar-refractivity contribution in [1.82, 2.24) is 0 Å². The summed E-state index contributed by atoms with van der Waals surface area (Å²) in [7, 11) is -1.55. The molecule has 0 fully saturated rings. The van der Waals surface area contributed by atoms with Crippen molar-refractivity contribution < 1.29 is 14.4 Å². The zero-order valence-corrected chi connectivity index (χ0v) is 8.31. The smallest absolute Gasteiger partial charge is 0.423 e. The van der Waals surface area contributed by atoms with Gasteiger partial charge in [0, 0.05) is 15.0 Å². The highest BCUT2D eigenvalue weighted by atomic mass is 32.1. The molecule has 0 atom stereocenters. The second kappa shape index (κ2) is 3.35. The number of hydrogen-bond acceptors (Lipinski definition) is 3. The molecule has 5 heteroatoms. The molecule has 0 amide bonds. The first-order chi connectivity index (χ1) is 6.61. The number of rotatable bonds is 1. The second-order valence-corrected chi connectivity index (χ2v) is 4.29. The van der Waals surface area contributed by atoms with E-state index in [1.807, 2.05) is 0 Å². The molecule has 0 aliphatic carbocycles. The van der Waals surface area contributed by atoms with Crippen molar-refractivity contribution in [3.05, 3.63) is 28.9 Å². The summed E-state index contributed by atoms with van der Waals surface area (Å²) in [4.78, 5) is 0.563. The first-order valence-corrected chi connectivity index (χ1v) is 4.96. The Morgan fingerprint density at radius 2 is 2.07 bits per heavy atom. The fourth-order valence-corrected chi connectivity index (χ4v) is 2.50. The first kappa shape index (κ1) is 9.64. The number of halogens is 1. The zero-order chi connectivity index (χ0) is 10.3. The molecule has 72 valence electrons. The summed E-state index contributed by atoms with van der Waals surface area (Å²) in [5.74, 6) is -0.271. The molecule has 0 saturated heterocycles. The van der Waals surface area contributed by atoms with Crippen molar-refractivity contribution in [1.29, 1.82) is 0 Å². The SMILES string of the molecule is Cc1sc2c(B(O)O)cccc2c1F. The maximum absolute atomic E-state index is 13.4. The Kier molecular flexibility index (Phi) is 2.30. The molecule has 1 aromatic heterocycles. The third-order valence-corrected chi connectivity index (χ3v) is 3.27. The number of benzene rings is 1. The predicted molar refractivity (Wildman–Crippen MR) is 56.3 cm³/mol. The van der Waals surface area contributed by atoms with E-state index in [9.17, 15) is 4.39 Å². The summed E-state index contributed by atoms with van der Waals surface area (Å²) in [6, 6.07) is 4.84. The van der Waals surface area contributed by atoms with Gasteiger partial charge in [-0.1, -0.05) is 18.2 Å². The summed E-state index contributed by atoms with van der Waals surface area (Å²) < 4.78 is 14.1. The lowest BCUT2D eigenvalue weighted by atomic mass is 9.80. The molecule has 2 nitrogen and oxygen atoms in total. The number of hydrogen-bond donors (Lipinski definition) is 2. The van der Waals surface area contributed by atoms with Crippen LogP contribution in [0.4, 0.5) is 4.39 Å². The van der Waals surface area contributed by atoms with Gasteiger partial charge in [0.1, 0.15) is 5.82 Å². The van der Waals surface area contributed by atoms with Crippen LogP contribution in [-0.2, 0) is 0 Å². The normalized spacial score (nSPS) is 10.9. The maximum atomic E-state index is 13.4. The topological polar surface area (TPSA) is 40.5 Å². The molecule has 2 N–H and O–H groups in total. The molecule has 0 saturated carbocycles. The average molecular weight is 210 g/mol. The minimum atomic E-state index is -1.55. The third-order valence-electron chi connectivity index (χ3n) is 2.12. The Bertz CT molecular complexity index is 481. The van der Waals surface area contributed by atoms with Crippen LogP contribution in [-0.4, -0.2) is 17.2 Å². The first-order valence-electron chi connectivity index (χ1n) is 4.15. The Morgan fingerprint density at radius 3 is 2.71 bits per heavy atom. The standard InChI is InChI=1S/C9H8BFO2S/c1-5-8(11)6-3-2-4-7(10(12)13)9(6)14-5/h2-4,12-13H,1H3. The maximum Gasteiger partial charge on any atom is 0.489 e. The van der Waals surface area contributed by atoms with Crippen molar-refractivity contribution in [2.75, 3.05) is 0 Å².